The summed E-state index contributed by atoms with van der Waals surface area (Å²) in [4.78, 5) is 0. The standard InChI is InChI=1S/C15H30O/c1-6-7-8-9-10-11-12-13-14(2)16-15(3,4)5/h2,6-13H2,1,3-5H3. The molecule has 0 radical (unpaired) electrons. The first kappa shape index (κ1) is 15.5. The molecule has 0 N–H and O–H groups in total. The van der Waals surface area contributed by atoms with E-state index >= 15 is 0 Å². The summed E-state index contributed by atoms with van der Waals surface area (Å²) >= 11 is 0. The Labute approximate surface area is 102 Å². The molecule has 96 valence electrons. The van der Waals surface area contributed by atoms with Gasteiger partial charge < -0.3 is 4.74 Å². The van der Waals surface area contributed by atoms with Gasteiger partial charge in [0, 0.05) is 6.42 Å². The van der Waals surface area contributed by atoms with E-state index in [1.54, 1.807) is 0 Å². The minimum Gasteiger partial charge on any atom is -0.493 e. The molecular weight excluding hydrogens is 196 g/mol. The van der Waals surface area contributed by atoms with Gasteiger partial charge in [0.25, 0.3) is 0 Å². The van der Waals surface area contributed by atoms with Gasteiger partial charge in [-0.1, -0.05) is 52.0 Å². The van der Waals surface area contributed by atoms with Crippen molar-refractivity contribution in [3.05, 3.63) is 12.3 Å². The third kappa shape index (κ3) is 11.6. The summed E-state index contributed by atoms with van der Waals surface area (Å²) in [5.74, 6) is 0.945. The SMILES string of the molecule is C=C(CCCCCCCCC)OC(C)(C)C. The van der Waals surface area contributed by atoms with Gasteiger partial charge >= 0.3 is 0 Å². The molecule has 0 spiro atoms. The molecule has 16 heavy (non-hydrogen) atoms. The van der Waals surface area contributed by atoms with Crippen molar-refractivity contribution in [3.63, 3.8) is 0 Å². The molecule has 0 aromatic rings. The number of hydrogen-bond acceptors (Lipinski definition) is 1. The topological polar surface area (TPSA) is 9.23 Å². The fourth-order valence-electron chi connectivity index (χ4n) is 1.76. The summed E-state index contributed by atoms with van der Waals surface area (Å²) in [7, 11) is 0. The van der Waals surface area contributed by atoms with Crippen LogP contribution in [0, 0.1) is 0 Å². The lowest BCUT2D eigenvalue weighted by Crippen LogP contribution is -2.18. The zero-order chi connectivity index (χ0) is 12.4. The molecule has 1 heteroatoms. The fourth-order valence-corrected chi connectivity index (χ4v) is 1.76. The van der Waals surface area contributed by atoms with Crippen molar-refractivity contribution in [3.8, 4) is 0 Å². The number of hydrogen-bond donors (Lipinski definition) is 0. The molecule has 0 fully saturated rings. The Bertz CT molecular complexity index is 176. The first-order valence-corrected chi connectivity index (χ1v) is 6.82. The summed E-state index contributed by atoms with van der Waals surface area (Å²) in [5.41, 5.74) is -0.0851. The molecule has 0 saturated heterocycles. The molecule has 0 heterocycles. The molecule has 0 aliphatic carbocycles. The highest BCUT2D eigenvalue weighted by Crippen LogP contribution is 2.17. The molecule has 0 rings (SSSR count). The molecular formula is C15H30O. The quantitative estimate of drug-likeness (QED) is 0.375. The van der Waals surface area contributed by atoms with Crippen molar-refractivity contribution >= 4 is 0 Å². The van der Waals surface area contributed by atoms with Crippen LogP contribution >= 0.6 is 0 Å². The van der Waals surface area contributed by atoms with Gasteiger partial charge in [-0.15, -0.1) is 0 Å². The van der Waals surface area contributed by atoms with Crippen LogP contribution in [0.3, 0.4) is 0 Å². The van der Waals surface area contributed by atoms with Crippen LogP contribution in [-0.4, -0.2) is 5.60 Å². The van der Waals surface area contributed by atoms with E-state index < -0.39 is 0 Å². The molecule has 0 saturated carbocycles. The lowest BCUT2D eigenvalue weighted by molar-refractivity contribution is 0.0472. The van der Waals surface area contributed by atoms with Crippen LogP contribution in [0.5, 0.6) is 0 Å². The molecule has 1 nitrogen and oxygen atoms in total. The second-order valence-corrected chi connectivity index (χ2v) is 5.62. The molecule has 0 bridgehead atoms. The van der Waals surface area contributed by atoms with Crippen LogP contribution in [0.15, 0.2) is 12.3 Å². The van der Waals surface area contributed by atoms with Gasteiger partial charge in [0.1, 0.15) is 5.60 Å². The number of rotatable bonds is 9. The first-order valence-electron chi connectivity index (χ1n) is 6.82. The van der Waals surface area contributed by atoms with Crippen molar-refractivity contribution in [2.45, 2.75) is 84.7 Å². The van der Waals surface area contributed by atoms with Crippen LogP contribution in [0.4, 0.5) is 0 Å². The summed E-state index contributed by atoms with van der Waals surface area (Å²) in [6.45, 7) is 12.4. The van der Waals surface area contributed by atoms with E-state index in [0.717, 1.165) is 12.2 Å². The Morgan fingerprint density at radius 2 is 1.44 bits per heavy atom. The maximum absolute atomic E-state index is 5.69. The van der Waals surface area contributed by atoms with Gasteiger partial charge in [0.2, 0.25) is 0 Å². The lowest BCUT2D eigenvalue weighted by Gasteiger charge is -2.22. The smallest absolute Gasteiger partial charge is 0.100 e. The van der Waals surface area contributed by atoms with Crippen LogP contribution in [0.1, 0.15) is 79.1 Å². The molecule has 0 unspecified atom stereocenters. The normalized spacial score (nSPS) is 11.5. The van der Waals surface area contributed by atoms with Crippen LogP contribution in [0.25, 0.3) is 0 Å². The van der Waals surface area contributed by atoms with Gasteiger partial charge in [0.05, 0.1) is 5.76 Å². The summed E-state index contributed by atoms with van der Waals surface area (Å²) in [6, 6.07) is 0. The van der Waals surface area contributed by atoms with Crippen molar-refractivity contribution in [1.29, 1.82) is 0 Å². The fraction of sp³-hybridized carbons (Fsp3) is 0.867. The summed E-state index contributed by atoms with van der Waals surface area (Å²) in [5, 5.41) is 0. The van der Waals surface area contributed by atoms with Gasteiger partial charge in [-0.3, -0.25) is 0 Å². The molecule has 0 aromatic heterocycles. The van der Waals surface area contributed by atoms with Crippen molar-refractivity contribution < 1.29 is 4.74 Å². The number of ether oxygens (including phenoxy) is 1. The molecule has 0 amide bonds. The van der Waals surface area contributed by atoms with E-state index in [4.69, 9.17) is 4.74 Å². The van der Waals surface area contributed by atoms with E-state index in [9.17, 15) is 0 Å². The predicted molar refractivity (Wildman–Crippen MR) is 72.6 cm³/mol. The molecule has 0 aromatic carbocycles. The first-order chi connectivity index (χ1) is 7.45. The van der Waals surface area contributed by atoms with Crippen molar-refractivity contribution in [1.82, 2.24) is 0 Å². The zero-order valence-electron chi connectivity index (χ0n) is 11.8. The van der Waals surface area contributed by atoms with Gasteiger partial charge in [-0.05, 0) is 27.2 Å². The highest BCUT2D eigenvalue weighted by atomic mass is 16.5. The van der Waals surface area contributed by atoms with E-state index in [1.165, 1.54) is 44.9 Å². The summed E-state index contributed by atoms with van der Waals surface area (Å²) in [6.07, 6.45) is 10.4. The van der Waals surface area contributed by atoms with E-state index in [1.807, 2.05) is 0 Å². The Balaban J connectivity index is 3.28. The Hall–Kier alpha value is -0.460. The minimum absolute atomic E-state index is 0.0851. The molecule has 0 aliphatic heterocycles. The second kappa shape index (κ2) is 8.66. The predicted octanol–water partition coefficient (Wildman–Crippen LogP) is 5.46. The Morgan fingerprint density at radius 1 is 0.938 bits per heavy atom. The third-order valence-electron chi connectivity index (χ3n) is 2.51. The number of allylic oxidation sites excluding steroid dienone is 1. The second-order valence-electron chi connectivity index (χ2n) is 5.62. The lowest BCUT2D eigenvalue weighted by atomic mass is 10.1. The van der Waals surface area contributed by atoms with Gasteiger partial charge in [-0.25, -0.2) is 0 Å². The third-order valence-corrected chi connectivity index (χ3v) is 2.51. The highest BCUT2D eigenvalue weighted by Gasteiger charge is 2.11. The van der Waals surface area contributed by atoms with Gasteiger partial charge in [-0.2, -0.15) is 0 Å². The Morgan fingerprint density at radius 3 is 1.94 bits per heavy atom. The largest absolute Gasteiger partial charge is 0.493 e. The van der Waals surface area contributed by atoms with Gasteiger partial charge in [0.15, 0.2) is 0 Å². The Kier molecular flexibility index (Phi) is 8.42. The van der Waals surface area contributed by atoms with Crippen LogP contribution < -0.4 is 0 Å². The highest BCUT2D eigenvalue weighted by molar-refractivity contribution is 4.85. The van der Waals surface area contributed by atoms with E-state index in [-0.39, 0.29) is 5.60 Å². The van der Waals surface area contributed by atoms with Crippen molar-refractivity contribution in [2.75, 3.05) is 0 Å². The zero-order valence-corrected chi connectivity index (χ0v) is 11.8. The molecule has 0 atom stereocenters. The monoisotopic (exact) mass is 226 g/mol. The van der Waals surface area contributed by atoms with Crippen molar-refractivity contribution in [2.24, 2.45) is 0 Å². The van der Waals surface area contributed by atoms with E-state index in [2.05, 4.69) is 34.3 Å². The van der Waals surface area contributed by atoms with Crippen LogP contribution in [0.2, 0.25) is 0 Å². The van der Waals surface area contributed by atoms with E-state index in [0.29, 0.717) is 0 Å². The average molecular weight is 226 g/mol. The maximum atomic E-state index is 5.69. The number of unbranched alkanes of at least 4 members (excludes halogenated alkanes) is 6. The summed E-state index contributed by atoms with van der Waals surface area (Å²) < 4.78 is 5.69. The maximum Gasteiger partial charge on any atom is 0.100 e. The van der Waals surface area contributed by atoms with Crippen LogP contribution in [-0.2, 0) is 4.74 Å². The average Bonchev–Trinajstić information content (AvgIpc) is 2.13. The minimum atomic E-state index is -0.0851. The molecule has 0 aliphatic rings.